The van der Waals surface area contributed by atoms with Gasteiger partial charge >= 0.3 is 6.18 Å². The van der Waals surface area contributed by atoms with Gasteiger partial charge in [0.1, 0.15) is 17.9 Å². The normalized spacial score (nSPS) is 20.8. The molecule has 1 aliphatic carbocycles. The second kappa shape index (κ2) is 7.29. The molecule has 5 heterocycles. The molecule has 2 atom stereocenters. The van der Waals surface area contributed by atoms with Crippen molar-refractivity contribution in [2.75, 3.05) is 13.1 Å². The molecule has 1 aliphatic heterocycles. The molecular weight excluding hydrogens is 433 g/mol. The van der Waals surface area contributed by atoms with Crippen LogP contribution in [0.1, 0.15) is 29.8 Å². The van der Waals surface area contributed by atoms with Crippen LogP contribution < -0.4 is 0 Å². The summed E-state index contributed by atoms with van der Waals surface area (Å²) in [5.41, 5.74) is 2.07. The van der Waals surface area contributed by atoms with Gasteiger partial charge in [0.2, 0.25) is 0 Å². The maximum atomic E-state index is 13.3. The summed E-state index contributed by atoms with van der Waals surface area (Å²) in [7, 11) is 0. The monoisotopic (exact) mass is 454 g/mol. The number of carbonyl (C=O) groups excluding carboxylic acids is 1. The van der Waals surface area contributed by atoms with Crippen LogP contribution in [0.2, 0.25) is 0 Å². The van der Waals surface area contributed by atoms with E-state index in [1.165, 1.54) is 12.3 Å². The van der Waals surface area contributed by atoms with Crippen LogP contribution in [0.3, 0.4) is 0 Å². The number of aromatic nitrogens is 5. The second-order valence-electron chi connectivity index (χ2n) is 9.05. The van der Waals surface area contributed by atoms with Crippen molar-refractivity contribution in [3.63, 3.8) is 0 Å². The SMILES string of the molecule is O=C(c1cc2c(cn1)c(-c1cnn3ccccc13)nn2CC(F)(F)F)N1CC2CCC(C2)C1. The molecule has 2 bridgehead atoms. The van der Waals surface area contributed by atoms with Crippen LogP contribution in [0.25, 0.3) is 27.7 Å². The van der Waals surface area contributed by atoms with Crippen molar-refractivity contribution in [3.8, 4) is 11.3 Å². The van der Waals surface area contributed by atoms with Crippen LogP contribution in [0, 0.1) is 11.8 Å². The van der Waals surface area contributed by atoms with Crippen molar-refractivity contribution in [2.45, 2.75) is 32.0 Å². The lowest BCUT2D eigenvalue weighted by molar-refractivity contribution is -0.141. The van der Waals surface area contributed by atoms with E-state index < -0.39 is 12.7 Å². The van der Waals surface area contributed by atoms with E-state index in [4.69, 9.17) is 0 Å². The zero-order valence-corrected chi connectivity index (χ0v) is 17.7. The lowest BCUT2D eigenvalue weighted by Gasteiger charge is -2.31. The molecule has 4 aromatic heterocycles. The summed E-state index contributed by atoms with van der Waals surface area (Å²) in [4.78, 5) is 19.3. The predicted molar refractivity (Wildman–Crippen MR) is 115 cm³/mol. The molecule has 1 amide bonds. The molecule has 33 heavy (non-hydrogen) atoms. The van der Waals surface area contributed by atoms with E-state index in [9.17, 15) is 18.0 Å². The van der Waals surface area contributed by atoms with Crippen molar-refractivity contribution in [1.82, 2.24) is 29.3 Å². The van der Waals surface area contributed by atoms with Gasteiger partial charge in [-0.2, -0.15) is 23.4 Å². The van der Waals surface area contributed by atoms with Crippen LogP contribution in [0.5, 0.6) is 0 Å². The summed E-state index contributed by atoms with van der Waals surface area (Å²) in [6, 6.07) is 6.92. The first kappa shape index (κ1) is 20.2. The Hall–Kier alpha value is -3.43. The molecule has 6 rings (SSSR count). The van der Waals surface area contributed by atoms with Crippen molar-refractivity contribution in [1.29, 1.82) is 0 Å². The number of rotatable bonds is 3. The van der Waals surface area contributed by atoms with Gasteiger partial charge in [-0.15, -0.1) is 0 Å². The molecule has 1 saturated heterocycles. The van der Waals surface area contributed by atoms with Gasteiger partial charge in [0.25, 0.3) is 5.91 Å². The molecule has 0 spiro atoms. The first-order chi connectivity index (χ1) is 15.9. The zero-order valence-electron chi connectivity index (χ0n) is 17.7. The number of hydrogen-bond acceptors (Lipinski definition) is 4. The van der Waals surface area contributed by atoms with Gasteiger partial charge in [-0.05, 0) is 49.3 Å². The molecule has 2 fully saturated rings. The number of likely N-dealkylation sites (tertiary alicyclic amines) is 1. The quantitative estimate of drug-likeness (QED) is 0.466. The van der Waals surface area contributed by atoms with E-state index in [1.807, 2.05) is 18.2 Å². The Morgan fingerprint density at radius 3 is 2.64 bits per heavy atom. The van der Waals surface area contributed by atoms with Gasteiger partial charge in [0.05, 0.1) is 17.2 Å². The average molecular weight is 454 g/mol. The first-order valence-corrected chi connectivity index (χ1v) is 11.0. The standard InChI is InChI=1S/C23H21F3N6O/c24-23(25,26)13-32-20-8-18(22(33)30-11-14-4-5-15(7-14)12-30)27-9-16(20)21(29-32)17-10-28-31-6-2-1-3-19(17)31/h1-3,6,8-10,14-15H,4-5,7,11-13H2. The third kappa shape index (κ3) is 3.53. The van der Waals surface area contributed by atoms with Crippen LogP contribution in [-0.4, -0.2) is 54.5 Å². The third-order valence-electron chi connectivity index (χ3n) is 6.76. The molecule has 170 valence electrons. The smallest absolute Gasteiger partial charge is 0.337 e. The van der Waals surface area contributed by atoms with Gasteiger partial charge in [-0.25, -0.2) is 4.52 Å². The average Bonchev–Trinajstić information content (AvgIpc) is 3.47. The van der Waals surface area contributed by atoms with Gasteiger partial charge in [0.15, 0.2) is 0 Å². The number of halogens is 3. The first-order valence-electron chi connectivity index (χ1n) is 11.0. The fraction of sp³-hybridized carbons (Fsp3) is 0.391. The molecule has 2 unspecified atom stereocenters. The number of amides is 1. The molecule has 0 radical (unpaired) electrons. The second-order valence-corrected chi connectivity index (χ2v) is 9.05. The highest BCUT2D eigenvalue weighted by Gasteiger charge is 2.36. The van der Waals surface area contributed by atoms with Gasteiger partial charge in [-0.1, -0.05) is 6.07 Å². The van der Waals surface area contributed by atoms with Gasteiger partial charge in [0, 0.05) is 36.4 Å². The molecule has 0 aromatic carbocycles. The minimum absolute atomic E-state index is 0.151. The molecular formula is C23H21F3N6O. The zero-order chi connectivity index (χ0) is 22.7. The maximum Gasteiger partial charge on any atom is 0.408 e. The van der Waals surface area contributed by atoms with Crippen molar-refractivity contribution in [3.05, 3.63) is 48.5 Å². The van der Waals surface area contributed by atoms with Crippen LogP contribution in [-0.2, 0) is 6.54 Å². The predicted octanol–water partition coefficient (Wildman–Crippen LogP) is 4.18. The summed E-state index contributed by atoms with van der Waals surface area (Å²) in [5, 5.41) is 9.02. The fourth-order valence-electron chi connectivity index (χ4n) is 5.33. The van der Waals surface area contributed by atoms with E-state index in [0.717, 1.165) is 29.5 Å². The summed E-state index contributed by atoms with van der Waals surface area (Å²) >= 11 is 0. The van der Waals surface area contributed by atoms with Crippen LogP contribution >= 0.6 is 0 Å². The lowest BCUT2D eigenvalue weighted by atomic mass is 9.98. The van der Waals surface area contributed by atoms with Gasteiger partial charge < -0.3 is 4.90 Å². The highest BCUT2D eigenvalue weighted by molar-refractivity contribution is 6.01. The largest absolute Gasteiger partial charge is 0.408 e. The van der Waals surface area contributed by atoms with Crippen LogP contribution in [0.4, 0.5) is 13.2 Å². The molecule has 10 heteroatoms. The molecule has 2 aliphatic rings. The minimum atomic E-state index is -4.46. The maximum absolute atomic E-state index is 13.3. The number of fused-ring (bicyclic) bond motifs is 4. The summed E-state index contributed by atoms with van der Waals surface area (Å²) < 4.78 is 42.6. The molecule has 7 nitrogen and oxygen atoms in total. The van der Waals surface area contributed by atoms with E-state index in [-0.39, 0.29) is 17.1 Å². The minimum Gasteiger partial charge on any atom is -0.337 e. The summed E-state index contributed by atoms with van der Waals surface area (Å²) in [5.74, 6) is 0.787. The number of pyridine rings is 2. The Balaban J connectivity index is 1.45. The van der Waals surface area contributed by atoms with Crippen LogP contribution in [0.15, 0.2) is 42.9 Å². The van der Waals surface area contributed by atoms with E-state index in [2.05, 4.69) is 15.2 Å². The Morgan fingerprint density at radius 1 is 1.09 bits per heavy atom. The van der Waals surface area contributed by atoms with E-state index >= 15 is 0 Å². The summed E-state index contributed by atoms with van der Waals surface area (Å²) in [6.45, 7) is 0.114. The Labute approximate surface area is 186 Å². The van der Waals surface area contributed by atoms with Crippen molar-refractivity contribution < 1.29 is 18.0 Å². The van der Waals surface area contributed by atoms with Gasteiger partial charge in [-0.3, -0.25) is 14.5 Å². The lowest BCUT2D eigenvalue weighted by Crippen LogP contribution is -2.41. The number of hydrogen-bond donors (Lipinski definition) is 0. The third-order valence-corrected chi connectivity index (χ3v) is 6.76. The van der Waals surface area contributed by atoms with Crippen molar-refractivity contribution in [2.24, 2.45) is 11.8 Å². The Bertz CT molecular complexity index is 1360. The number of nitrogens with zero attached hydrogens (tertiary/aromatic N) is 6. The van der Waals surface area contributed by atoms with E-state index in [1.54, 1.807) is 21.8 Å². The number of alkyl halides is 3. The Kier molecular flexibility index (Phi) is 4.46. The van der Waals surface area contributed by atoms with E-state index in [0.29, 0.717) is 41.6 Å². The highest BCUT2D eigenvalue weighted by atomic mass is 19.4. The fourth-order valence-corrected chi connectivity index (χ4v) is 5.33. The van der Waals surface area contributed by atoms with Crippen molar-refractivity contribution >= 4 is 22.3 Å². The Morgan fingerprint density at radius 2 is 1.88 bits per heavy atom. The molecule has 1 saturated carbocycles. The number of piperidine rings is 1. The molecule has 4 aromatic rings. The summed E-state index contributed by atoms with van der Waals surface area (Å²) in [6.07, 6.45) is 3.74. The highest BCUT2D eigenvalue weighted by Crippen LogP contribution is 2.37. The molecule has 0 N–H and O–H groups in total. The topological polar surface area (TPSA) is 68.3 Å². The number of carbonyl (C=O) groups is 1.